The highest BCUT2D eigenvalue weighted by Gasteiger charge is 2.15. The predicted molar refractivity (Wildman–Crippen MR) is 73.1 cm³/mol. The monoisotopic (exact) mass is 264 g/mol. The molecule has 1 heterocycles. The molecule has 0 bridgehead atoms. The molecule has 1 saturated heterocycles. The maximum Gasteiger partial charge on any atom is 0.272 e. The molecule has 19 heavy (non-hydrogen) atoms. The van der Waals surface area contributed by atoms with Crippen molar-refractivity contribution in [2.24, 2.45) is 5.92 Å². The Morgan fingerprint density at radius 3 is 3.05 bits per heavy atom. The van der Waals surface area contributed by atoms with E-state index in [1.165, 1.54) is 0 Å². The molecular formula is C14H20N2O3. The van der Waals surface area contributed by atoms with Gasteiger partial charge in [0, 0.05) is 31.4 Å². The number of benzene rings is 1. The molecule has 0 radical (unpaired) electrons. The lowest BCUT2D eigenvalue weighted by Gasteiger charge is -2.10. The fourth-order valence-corrected chi connectivity index (χ4v) is 2.40. The van der Waals surface area contributed by atoms with E-state index in [2.05, 4.69) is 5.32 Å². The molecular weight excluding hydrogens is 244 g/mol. The van der Waals surface area contributed by atoms with Crippen LogP contribution in [0.5, 0.6) is 0 Å². The van der Waals surface area contributed by atoms with Gasteiger partial charge in [0.05, 0.1) is 4.92 Å². The van der Waals surface area contributed by atoms with Crippen LogP contribution in [0.3, 0.4) is 0 Å². The smallest absolute Gasteiger partial charge is 0.272 e. The molecule has 1 N–H and O–H groups in total. The van der Waals surface area contributed by atoms with Crippen LogP contribution in [0.15, 0.2) is 18.2 Å². The van der Waals surface area contributed by atoms with Crippen LogP contribution >= 0.6 is 0 Å². The number of hydrogen-bond donors (Lipinski definition) is 1. The lowest BCUT2D eigenvalue weighted by molar-refractivity contribution is -0.385. The molecule has 5 heteroatoms. The van der Waals surface area contributed by atoms with Gasteiger partial charge in [-0.3, -0.25) is 10.1 Å². The zero-order chi connectivity index (χ0) is 13.7. The van der Waals surface area contributed by atoms with E-state index in [-0.39, 0.29) is 10.6 Å². The number of nitrogens with zero attached hydrogens (tertiary/aromatic N) is 1. The Balaban J connectivity index is 1.82. The predicted octanol–water partition coefficient (Wildman–Crippen LogP) is 2.42. The van der Waals surface area contributed by atoms with E-state index in [4.69, 9.17) is 4.74 Å². The third-order valence-electron chi connectivity index (χ3n) is 3.68. The maximum absolute atomic E-state index is 10.8. The van der Waals surface area contributed by atoms with Gasteiger partial charge in [-0.2, -0.15) is 0 Å². The summed E-state index contributed by atoms with van der Waals surface area (Å²) in [6.45, 7) is 5.17. The van der Waals surface area contributed by atoms with Crippen molar-refractivity contribution in [3.05, 3.63) is 39.4 Å². The molecule has 2 rings (SSSR count). The number of nitro benzene ring substituents is 1. The van der Waals surface area contributed by atoms with Crippen molar-refractivity contribution >= 4 is 5.69 Å². The lowest BCUT2D eigenvalue weighted by atomic mass is 10.0. The van der Waals surface area contributed by atoms with Crippen LogP contribution in [-0.4, -0.2) is 24.7 Å². The van der Waals surface area contributed by atoms with Gasteiger partial charge < -0.3 is 10.1 Å². The number of nitrogens with one attached hydrogen (secondary N) is 1. The van der Waals surface area contributed by atoms with Crippen molar-refractivity contribution < 1.29 is 9.66 Å². The summed E-state index contributed by atoms with van der Waals surface area (Å²) < 4.78 is 5.33. The minimum absolute atomic E-state index is 0.198. The summed E-state index contributed by atoms with van der Waals surface area (Å²) in [5.74, 6) is 0.665. The van der Waals surface area contributed by atoms with Crippen molar-refractivity contribution in [2.75, 3.05) is 19.8 Å². The number of rotatable bonds is 6. The molecule has 0 saturated carbocycles. The van der Waals surface area contributed by atoms with Gasteiger partial charge in [-0.1, -0.05) is 12.1 Å². The van der Waals surface area contributed by atoms with Crippen LogP contribution in [0, 0.1) is 23.0 Å². The van der Waals surface area contributed by atoms with Gasteiger partial charge in [-0.05, 0) is 37.8 Å². The van der Waals surface area contributed by atoms with E-state index in [0.29, 0.717) is 12.5 Å². The SMILES string of the molecule is Cc1c(CNCCC2CCOC2)cccc1[N+](=O)[O-]. The molecule has 0 spiro atoms. The zero-order valence-corrected chi connectivity index (χ0v) is 11.2. The van der Waals surface area contributed by atoms with Crippen molar-refractivity contribution in [2.45, 2.75) is 26.3 Å². The Hall–Kier alpha value is -1.46. The second-order valence-corrected chi connectivity index (χ2v) is 5.01. The zero-order valence-electron chi connectivity index (χ0n) is 11.2. The summed E-state index contributed by atoms with van der Waals surface area (Å²) in [7, 11) is 0. The molecule has 1 fully saturated rings. The quantitative estimate of drug-likeness (QED) is 0.487. The molecule has 1 aliphatic heterocycles. The van der Waals surface area contributed by atoms with Crippen molar-refractivity contribution in [3.63, 3.8) is 0 Å². The first-order valence-corrected chi connectivity index (χ1v) is 6.70. The molecule has 1 aliphatic rings. The van der Waals surface area contributed by atoms with E-state index in [1.54, 1.807) is 19.1 Å². The van der Waals surface area contributed by atoms with Gasteiger partial charge in [0.15, 0.2) is 0 Å². The summed E-state index contributed by atoms with van der Waals surface area (Å²) >= 11 is 0. The number of nitro groups is 1. The van der Waals surface area contributed by atoms with Crippen LogP contribution in [0.4, 0.5) is 5.69 Å². The fourth-order valence-electron chi connectivity index (χ4n) is 2.40. The molecule has 1 aromatic rings. The minimum Gasteiger partial charge on any atom is -0.381 e. The highest BCUT2D eigenvalue weighted by atomic mass is 16.6. The standard InChI is InChI=1S/C14H20N2O3/c1-11-13(3-2-4-14(11)16(17)18)9-15-7-5-12-6-8-19-10-12/h2-4,12,15H,5-10H2,1H3. The first-order chi connectivity index (χ1) is 9.18. The third kappa shape index (κ3) is 3.75. The Labute approximate surface area is 113 Å². The van der Waals surface area contributed by atoms with Crippen molar-refractivity contribution in [3.8, 4) is 0 Å². The van der Waals surface area contributed by atoms with Crippen LogP contribution in [0.25, 0.3) is 0 Å². The first kappa shape index (κ1) is 14.0. The molecule has 104 valence electrons. The van der Waals surface area contributed by atoms with Crippen LogP contribution in [0.1, 0.15) is 24.0 Å². The maximum atomic E-state index is 10.8. The second kappa shape index (κ2) is 6.63. The molecule has 0 aromatic heterocycles. The fraction of sp³-hybridized carbons (Fsp3) is 0.571. The Bertz CT molecular complexity index is 442. The Morgan fingerprint density at radius 1 is 1.53 bits per heavy atom. The largest absolute Gasteiger partial charge is 0.381 e. The minimum atomic E-state index is -0.325. The average molecular weight is 264 g/mol. The summed E-state index contributed by atoms with van der Waals surface area (Å²) in [6, 6.07) is 5.23. The Kier molecular flexibility index (Phi) is 4.87. The van der Waals surface area contributed by atoms with E-state index in [1.807, 2.05) is 6.07 Å². The lowest BCUT2D eigenvalue weighted by Crippen LogP contribution is -2.18. The van der Waals surface area contributed by atoms with Gasteiger partial charge >= 0.3 is 0 Å². The van der Waals surface area contributed by atoms with Gasteiger partial charge in [-0.15, -0.1) is 0 Å². The summed E-state index contributed by atoms with van der Waals surface area (Å²) in [6.07, 6.45) is 2.26. The molecule has 0 aliphatic carbocycles. The normalized spacial score (nSPS) is 18.7. The average Bonchev–Trinajstić information content (AvgIpc) is 2.89. The second-order valence-electron chi connectivity index (χ2n) is 5.01. The molecule has 0 amide bonds. The summed E-state index contributed by atoms with van der Waals surface area (Å²) in [5.41, 5.74) is 1.95. The number of ether oxygens (including phenoxy) is 1. The van der Waals surface area contributed by atoms with E-state index in [9.17, 15) is 10.1 Å². The molecule has 1 unspecified atom stereocenters. The highest BCUT2D eigenvalue weighted by molar-refractivity contribution is 5.44. The van der Waals surface area contributed by atoms with E-state index >= 15 is 0 Å². The molecule has 5 nitrogen and oxygen atoms in total. The van der Waals surface area contributed by atoms with Gasteiger partial charge in [0.1, 0.15) is 0 Å². The van der Waals surface area contributed by atoms with Gasteiger partial charge in [-0.25, -0.2) is 0 Å². The third-order valence-corrected chi connectivity index (χ3v) is 3.68. The van der Waals surface area contributed by atoms with E-state index in [0.717, 1.165) is 43.7 Å². The van der Waals surface area contributed by atoms with Crippen LogP contribution < -0.4 is 5.32 Å². The molecule has 1 atom stereocenters. The highest BCUT2D eigenvalue weighted by Crippen LogP contribution is 2.21. The summed E-state index contributed by atoms with van der Waals surface area (Å²) in [5, 5.41) is 14.2. The van der Waals surface area contributed by atoms with Crippen molar-refractivity contribution in [1.29, 1.82) is 0 Å². The van der Waals surface area contributed by atoms with Crippen LogP contribution in [-0.2, 0) is 11.3 Å². The van der Waals surface area contributed by atoms with E-state index < -0.39 is 0 Å². The van der Waals surface area contributed by atoms with Crippen molar-refractivity contribution in [1.82, 2.24) is 5.32 Å². The summed E-state index contributed by atoms with van der Waals surface area (Å²) in [4.78, 5) is 10.5. The Morgan fingerprint density at radius 2 is 2.37 bits per heavy atom. The first-order valence-electron chi connectivity index (χ1n) is 6.70. The number of hydrogen-bond acceptors (Lipinski definition) is 4. The van der Waals surface area contributed by atoms with Gasteiger partial charge in [0.2, 0.25) is 0 Å². The topological polar surface area (TPSA) is 64.4 Å². The van der Waals surface area contributed by atoms with Crippen LogP contribution in [0.2, 0.25) is 0 Å². The van der Waals surface area contributed by atoms with Gasteiger partial charge in [0.25, 0.3) is 5.69 Å². The molecule has 1 aromatic carbocycles.